The smallest absolute Gasteiger partial charge is 0.138 e. The number of alkyl halides is 1. The number of hydrogen-bond acceptors (Lipinski definition) is 2. The topological polar surface area (TPSA) is 9.23 Å². The first kappa shape index (κ1) is 15.1. The Balaban J connectivity index is 0. The summed E-state index contributed by atoms with van der Waals surface area (Å²) in [6.45, 7) is 4.10. The van der Waals surface area contributed by atoms with E-state index in [-0.39, 0.29) is 7.43 Å². The Bertz CT molecular complexity index is 107. The van der Waals surface area contributed by atoms with Gasteiger partial charge in [0.05, 0.1) is 0 Å². The van der Waals surface area contributed by atoms with Gasteiger partial charge >= 0.3 is 0 Å². The van der Waals surface area contributed by atoms with Crippen molar-refractivity contribution in [2.75, 3.05) is 19.1 Å². The number of rotatable bonds is 5. The molecule has 0 amide bonds. The van der Waals surface area contributed by atoms with E-state index in [2.05, 4.69) is 13.2 Å². The van der Waals surface area contributed by atoms with Gasteiger partial charge in [-0.05, 0) is 31.3 Å². The average Bonchev–Trinajstić information content (AvgIpc) is 1.87. The van der Waals surface area contributed by atoms with Crippen LogP contribution in [-0.4, -0.2) is 24.2 Å². The van der Waals surface area contributed by atoms with E-state index < -0.39 is 5.06 Å². The molecule has 0 radical (unpaired) electrons. The average molecular weight is 213 g/mol. The van der Waals surface area contributed by atoms with Gasteiger partial charge in [0.2, 0.25) is 0 Å². The molecule has 0 N–H and O–H groups in total. The maximum atomic E-state index is 6.02. The van der Waals surface area contributed by atoms with Crippen LogP contribution in [0, 0.1) is 5.92 Å². The van der Waals surface area contributed by atoms with Crippen molar-refractivity contribution < 1.29 is 4.74 Å². The lowest BCUT2D eigenvalue weighted by Crippen LogP contribution is -2.23. The molecule has 0 aliphatic carbocycles. The van der Waals surface area contributed by atoms with Gasteiger partial charge in [-0.15, -0.1) is 0 Å². The number of halogens is 1. The third kappa shape index (κ3) is 7.26. The Labute approximate surface area is 86.2 Å². The number of hydrogen-bond donors (Lipinski definition) is 0. The van der Waals surface area contributed by atoms with E-state index in [0.717, 1.165) is 12.2 Å². The van der Waals surface area contributed by atoms with Crippen LogP contribution in [0.2, 0.25) is 0 Å². The van der Waals surface area contributed by atoms with Crippen molar-refractivity contribution >= 4 is 23.4 Å². The normalized spacial score (nSPS) is 17.8. The summed E-state index contributed by atoms with van der Waals surface area (Å²) in [7, 11) is 1.65. The Morgan fingerprint density at radius 3 is 2.42 bits per heavy atom. The van der Waals surface area contributed by atoms with E-state index in [1.54, 1.807) is 7.11 Å². The summed E-state index contributed by atoms with van der Waals surface area (Å²) in [5.74, 6) is 1.76. The van der Waals surface area contributed by atoms with Gasteiger partial charge in [0.15, 0.2) is 0 Å². The van der Waals surface area contributed by atoms with Gasteiger partial charge in [0.1, 0.15) is 5.06 Å². The van der Waals surface area contributed by atoms with Crippen LogP contribution in [0.4, 0.5) is 0 Å². The van der Waals surface area contributed by atoms with Crippen molar-refractivity contribution in [2.24, 2.45) is 5.92 Å². The molecule has 12 heavy (non-hydrogen) atoms. The number of methoxy groups -OCH3 is 1. The van der Waals surface area contributed by atoms with E-state index in [1.165, 1.54) is 0 Å². The zero-order chi connectivity index (χ0) is 8.91. The van der Waals surface area contributed by atoms with Crippen molar-refractivity contribution in [3.8, 4) is 0 Å². The highest BCUT2D eigenvalue weighted by Gasteiger charge is 2.22. The van der Waals surface area contributed by atoms with Crippen LogP contribution in [0.15, 0.2) is 0 Å². The predicted octanol–water partition coefficient (Wildman–Crippen LogP) is 3.61. The monoisotopic (exact) mass is 212 g/mol. The molecular formula is C9H21ClOS. The third-order valence-electron chi connectivity index (χ3n) is 1.59. The van der Waals surface area contributed by atoms with E-state index >= 15 is 0 Å². The van der Waals surface area contributed by atoms with Crippen molar-refractivity contribution in [1.82, 2.24) is 0 Å². The highest BCUT2D eigenvalue weighted by atomic mass is 35.5. The van der Waals surface area contributed by atoms with Crippen LogP contribution in [0.1, 0.15) is 27.7 Å². The molecule has 0 aliphatic heterocycles. The Morgan fingerprint density at radius 2 is 2.08 bits per heavy atom. The molecule has 76 valence electrons. The van der Waals surface area contributed by atoms with E-state index in [1.807, 2.05) is 18.7 Å². The molecule has 0 aromatic rings. The first-order valence-electron chi connectivity index (χ1n) is 3.75. The first-order chi connectivity index (χ1) is 5.02. The summed E-state index contributed by atoms with van der Waals surface area (Å²) in [6, 6.07) is 0. The summed E-state index contributed by atoms with van der Waals surface area (Å²) in [5, 5.41) is -0.477. The minimum atomic E-state index is -0.477. The van der Waals surface area contributed by atoms with Crippen molar-refractivity contribution in [3.05, 3.63) is 0 Å². The molecular weight excluding hydrogens is 192 g/mol. The fourth-order valence-corrected chi connectivity index (χ4v) is 2.00. The van der Waals surface area contributed by atoms with Gasteiger partial charge in [-0.2, -0.15) is 11.8 Å². The van der Waals surface area contributed by atoms with Crippen LogP contribution in [-0.2, 0) is 4.74 Å². The third-order valence-corrected chi connectivity index (χ3v) is 2.80. The Kier molecular flexibility index (Phi) is 8.86. The second kappa shape index (κ2) is 7.05. The molecule has 0 rings (SSSR count). The molecule has 0 saturated carbocycles. The zero-order valence-corrected chi connectivity index (χ0v) is 9.26. The molecule has 3 heteroatoms. The largest absolute Gasteiger partial charge is 0.363 e. The zero-order valence-electron chi connectivity index (χ0n) is 7.69. The highest BCUT2D eigenvalue weighted by molar-refractivity contribution is 7.98. The van der Waals surface area contributed by atoms with E-state index in [4.69, 9.17) is 16.3 Å². The Morgan fingerprint density at radius 1 is 1.58 bits per heavy atom. The summed E-state index contributed by atoms with van der Waals surface area (Å²) in [5.41, 5.74) is 0. The van der Waals surface area contributed by atoms with Crippen LogP contribution >= 0.6 is 23.4 Å². The maximum Gasteiger partial charge on any atom is 0.138 e. The fourth-order valence-electron chi connectivity index (χ4n) is 1.05. The van der Waals surface area contributed by atoms with Crippen LogP contribution in [0.3, 0.4) is 0 Å². The Hall–Kier alpha value is 0.600. The minimum Gasteiger partial charge on any atom is -0.363 e. The summed E-state index contributed by atoms with van der Waals surface area (Å²) in [4.78, 5) is 0. The molecule has 0 fully saturated rings. The van der Waals surface area contributed by atoms with Gasteiger partial charge in [-0.25, -0.2) is 0 Å². The lowest BCUT2D eigenvalue weighted by atomic mass is 10.1. The maximum absolute atomic E-state index is 6.02. The van der Waals surface area contributed by atoms with E-state index in [0.29, 0.717) is 5.92 Å². The van der Waals surface area contributed by atoms with Crippen LogP contribution in [0.25, 0.3) is 0 Å². The van der Waals surface area contributed by atoms with Crippen molar-refractivity contribution in [2.45, 2.75) is 32.8 Å². The second-order valence-corrected chi connectivity index (χ2v) is 4.78. The fraction of sp³-hybridized carbons (Fsp3) is 1.00. The quantitative estimate of drug-likeness (QED) is 0.644. The molecule has 0 aromatic heterocycles. The molecule has 2 atom stereocenters. The van der Waals surface area contributed by atoms with Crippen LogP contribution in [0.5, 0.6) is 0 Å². The molecule has 0 heterocycles. The molecule has 0 aliphatic rings. The van der Waals surface area contributed by atoms with Gasteiger partial charge in [0, 0.05) is 7.11 Å². The van der Waals surface area contributed by atoms with Gasteiger partial charge in [-0.1, -0.05) is 26.0 Å². The lowest BCUT2D eigenvalue weighted by molar-refractivity contribution is 0.0623. The van der Waals surface area contributed by atoms with Gasteiger partial charge in [0.25, 0.3) is 0 Å². The first-order valence-corrected chi connectivity index (χ1v) is 5.52. The standard InChI is InChI=1S/C8H17ClOS.CH4/c1-7(6-11-4)5-8(2,9)10-3;/h7H,5-6H2,1-4H3;1H4. The number of thioether (sulfide) groups is 1. The summed E-state index contributed by atoms with van der Waals surface area (Å²) < 4.78 is 5.11. The van der Waals surface area contributed by atoms with Crippen molar-refractivity contribution in [1.29, 1.82) is 0 Å². The SMILES string of the molecule is C.COC(C)(Cl)CC(C)CSC. The highest BCUT2D eigenvalue weighted by Crippen LogP contribution is 2.25. The molecule has 0 spiro atoms. The lowest BCUT2D eigenvalue weighted by Gasteiger charge is -2.23. The van der Waals surface area contributed by atoms with Gasteiger partial charge in [-0.3, -0.25) is 0 Å². The van der Waals surface area contributed by atoms with Crippen molar-refractivity contribution in [3.63, 3.8) is 0 Å². The molecule has 2 unspecified atom stereocenters. The molecule has 0 bridgehead atoms. The van der Waals surface area contributed by atoms with Crippen LogP contribution < -0.4 is 0 Å². The molecule has 1 nitrogen and oxygen atoms in total. The number of ether oxygens (including phenoxy) is 1. The van der Waals surface area contributed by atoms with Gasteiger partial charge < -0.3 is 4.74 Å². The minimum absolute atomic E-state index is 0. The predicted molar refractivity (Wildman–Crippen MR) is 60.2 cm³/mol. The summed E-state index contributed by atoms with van der Waals surface area (Å²) >= 11 is 7.87. The van der Waals surface area contributed by atoms with E-state index in [9.17, 15) is 0 Å². The second-order valence-electron chi connectivity index (χ2n) is 3.07. The summed E-state index contributed by atoms with van der Waals surface area (Å²) in [6.07, 6.45) is 3.01. The molecule has 0 aromatic carbocycles. The molecule has 0 saturated heterocycles.